The van der Waals surface area contributed by atoms with E-state index in [9.17, 15) is 0 Å². The summed E-state index contributed by atoms with van der Waals surface area (Å²) in [4.78, 5) is 5.57. The Kier molecular flexibility index (Phi) is 5.17. The van der Waals surface area contributed by atoms with Gasteiger partial charge in [-0.1, -0.05) is 84.9 Å². The molecule has 28 heavy (non-hydrogen) atoms. The van der Waals surface area contributed by atoms with Gasteiger partial charge in [-0.2, -0.15) is 0 Å². The Morgan fingerprint density at radius 3 is 2.21 bits per heavy atom. The number of nitrogens with zero attached hydrogens (tertiary/aromatic N) is 1. The van der Waals surface area contributed by atoms with Gasteiger partial charge in [0, 0.05) is 22.7 Å². The summed E-state index contributed by atoms with van der Waals surface area (Å²) in [5.41, 5.74) is 4.38. The third-order valence-electron chi connectivity index (χ3n) is 4.99. The first-order valence-corrected chi connectivity index (χ1v) is 10.3. The molecule has 3 heteroatoms. The monoisotopic (exact) mass is 401 g/mol. The van der Waals surface area contributed by atoms with Crippen molar-refractivity contribution in [3.05, 3.63) is 104 Å². The fourth-order valence-corrected chi connectivity index (χ4v) is 5.03. The highest BCUT2D eigenvalue weighted by molar-refractivity contribution is 7.21. The molecule has 0 aliphatic heterocycles. The minimum absolute atomic E-state index is 0.777. The van der Waals surface area contributed by atoms with E-state index in [0.29, 0.717) is 0 Å². The van der Waals surface area contributed by atoms with Crippen LogP contribution in [-0.4, -0.2) is 12.8 Å². The second-order valence-electron chi connectivity index (χ2n) is 6.67. The standard InChI is InChI=1S/C25H20ClNS/c1-16-8-4-5-9-20(16)17(2)18-12-14-19(15-13-18)24(27-3)25-23(26)21-10-6-7-11-22(21)28-25/h4-15H,1H2,2-3H3/b20-17+,27-24?. The van der Waals surface area contributed by atoms with Crippen LogP contribution in [0.5, 0.6) is 0 Å². The summed E-state index contributed by atoms with van der Waals surface area (Å²) in [6.07, 6.45) is 0. The van der Waals surface area contributed by atoms with E-state index in [1.165, 1.54) is 21.1 Å². The van der Waals surface area contributed by atoms with Crippen molar-refractivity contribution in [3.8, 4) is 0 Å². The van der Waals surface area contributed by atoms with Gasteiger partial charge in [0.05, 0.1) is 15.6 Å². The van der Waals surface area contributed by atoms with Gasteiger partial charge in [0.25, 0.3) is 0 Å². The van der Waals surface area contributed by atoms with Crippen LogP contribution in [0.1, 0.15) is 22.9 Å². The number of fused-ring (bicyclic) bond motifs is 1. The van der Waals surface area contributed by atoms with E-state index in [-0.39, 0.29) is 0 Å². The largest absolute Gasteiger partial charge is 0.287 e. The molecular weight excluding hydrogens is 382 g/mol. The molecule has 0 radical (unpaired) electrons. The quantitative estimate of drug-likeness (QED) is 0.393. The molecule has 0 aliphatic rings. The highest BCUT2D eigenvalue weighted by Crippen LogP contribution is 2.36. The second kappa shape index (κ2) is 7.75. The van der Waals surface area contributed by atoms with Gasteiger partial charge >= 0.3 is 0 Å². The van der Waals surface area contributed by atoms with Crippen LogP contribution in [0.3, 0.4) is 0 Å². The van der Waals surface area contributed by atoms with E-state index >= 15 is 0 Å². The van der Waals surface area contributed by atoms with Crippen molar-refractivity contribution in [1.82, 2.24) is 0 Å². The van der Waals surface area contributed by atoms with Crippen molar-refractivity contribution in [2.45, 2.75) is 6.92 Å². The van der Waals surface area contributed by atoms with Gasteiger partial charge < -0.3 is 0 Å². The smallest absolute Gasteiger partial charge is 0.0830 e. The van der Waals surface area contributed by atoms with Crippen LogP contribution in [0.25, 0.3) is 22.2 Å². The maximum Gasteiger partial charge on any atom is 0.0830 e. The van der Waals surface area contributed by atoms with E-state index in [1.54, 1.807) is 11.3 Å². The fraction of sp³-hybridized carbons (Fsp3) is 0.0800. The first kappa shape index (κ1) is 18.7. The third kappa shape index (κ3) is 3.30. The van der Waals surface area contributed by atoms with Gasteiger partial charge in [-0.05, 0) is 34.6 Å². The molecule has 1 heterocycles. The van der Waals surface area contributed by atoms with Gasteiger partial charge in [0.15, 0.2) is 0 Å². The lowest BCUT2D eigenvalue weighted by Gasteiger charge is -2.08. The lowest BCUT2D eigenvalue weighted by Crippen LogP contribution is -2.24. The lowest BCUT2D eigenvalue weighted by atomic mass is 10.00. The number of thiophene rings is 1. The average molecular weight is 402 g/mol. The molecule has 4 aromatic rings. The summed E-state index contributed by atoms with van der Waals surface area (Å²) in [5.74, 6) is 0. The molecule has 0 N–H and O–H groups in total. The summed E-state index contributed by atoms with van der Waals surface area (Å²) in [5, 5.41) is 4.07. The number of halogens is 1. The molecule has 138 valence electrons. The summed E-state index contributed by atoms with van der Waals surface area (Å²) < 4.78 is 1.18. The van der Waals surface area contributed by atoms with E-state index in [2.05, 4.69) is 61.0 Å². The molecule has 1 nitrogen and oxygen atoms in total. The molecule has 0 saturated carbocycles. The van der Waals surface area contributed by atoms with Crippen molar-refractivity contribution >= 4 is 50.9 Å². The van der Waals surface area contributed by atoms with Gasteiger partial charge in [0.1, 0.15) is 0 Å². The number of hydrogen-bond acceptors (Lipinski definition) is 2. The Labute approximate surface area is 174 Å². The van der Waals surface area contributed by atoms with E-state index in [0.717, 1.165) is 31.8 Å². The topological polar surface area (TPSA) is 12.4 Å². The number of hydrogen-bond donors (Lipinski definition) is 0. The molecule has 4 rings (SSSR count). The molecule has 0 bridgehead atoms. The Morgan fingerprint density at radius 1 is 0.893 bits per heavy atom. The predicted octanol–water partition coefficient (Wildman–Crippen LogP) is 5.65. The van der Waals surface area contributed by atoms with Crippen LogP contribution in [0.2, 0.25) is 5.02 Å². The van der Waals surface area contributed by atoms with Crippen molar-refractivity contribution in [1.29, 1.82) is 0 Å². The van der Waals surface area contributed by atoms with Crippen LogP contribution in [0.15, 0.2) is 77.8 Å². The van der Waals surface area contributed by atoms with Gasteiger partial charge in [0.2, 0.25) is 0 Å². The molecule has 3 aromatic carbocycles. The zero-order chi connectivity index (χ0) is 19.7. The highest BCUT2D eigenvalue weighted by Gasteiger charge is 2.16. The maximum atomic E-state index is 6.68. The fourth-order valence-electron chi connectivity index (χ4n) is 3.45. The molecule has 0 saturated heterocycles. The predicted molar refractivity (Wildman–Crippen MR) is 124 cm³/mol. The Hall–Kier alpha value is -2.68. The van der Waals surface area contributed by atoms with Gasteiger partial charge in [-0.3, -0.25) is 4.99 Å². The van der Waals surface area contributed by atoms with Crippen LogP contribution < -0.4 is 10.4 Å². The zero-order valence-corrected chi connectivity index (χ0v) is 17.4. The van der Waals surface area contributed by atoms with Gasteiger partial charge in [-0.15, -0.1) is 11.3 Å². The minimum atomic E-state index is 0.777. The van der Waals surface area contributed by atoms with Crippen LogP contribution in [0, 0.1) is 0 Å². The van der Waals surface area contributed by atoms with Crippen molar-refractivity contribution < 1.29 is 0 Å². The zero-order valence-electron chi connectivity index (χ0n) is 15.9. The Balaban J connectivity index is 1.77. The maximum absolute atomic E-state index is 6.68. The molecular formula is C25H20ClNS. The molecule has 0 spiro atoms. The Bertz CT molecular complexity index is 1300. The first-order chi connectivity index (χ1) is 13.6. The minimum Gasteiger partial charge on any atom is -0.287 e. The number of rotatable bonds is 3. The van der Waals surface area contributed by atoms with Crippen LogP contribution in [-0.2, 0) is 0 Å². The summed E-state index contributed by atoms with van der Waals surface area (Å²) >= 11 is 8.36. The normalized spacial score (nSPS) is 13.0. The molecule has 0 aliphatic carbocycles. The van der Waals surface area contributed by atoms with Crippen molar-refractivity contribution in [2.24, 2.45) is 4.99 Å². The molecule has 0 fully saturated rings. The van der Waals surface area contributed by atoms with Gasteiger partial charge in [-0.25, -0.2) is 0 Å². The van der Waals surface area contributed by atoms with E-state index in [4.69, 9.17) is 11.6 Å². The molecule has 0 amide bonds. The van der Waals surface area contributed by atoms with E-state index < -0.39 is 0 Å². The first-order valence-electron chi connectivity index (χ1n) is 9.10. The van der Waals surface area contributed by atoms with Crippen LogP contribution >= 0.6 is 22.9 Å². The number of aliphatic imine (C=N–C) groups is 1. The van der Waals surface area contributed by atoms with Crippen molar-refractivity contribution in [3.63, 3.8) is 0 Å². The van der Waals surface area contributed by atoms with Crippen LogP contribution in [0.4, 0.5) is 0 Å². The lowest BCUT2D eigenvalue weighted by molar-refractivity contribution is 1.41. The van der Waals surface area contributed by atoms with E-state index in [1.807, 2.05) is 37.4 Å². The average Bonchev–Trinajstić information content (AvgIpc) is 3.06. The van der Waals surface area contributed by atoms with Crippen molar-refractivity contribution in [2.75, 3.05) is 7.05 Å². The summed E-state index contributed by atoms with van der Waals surface area (Å²) in [6.45, 7) is 6.28. The molecule has 1 aromatic heterocycles. The molecule has 0 atom stereocenters. The Morgan fingerprint density at radius 2 is 1.54 bits per heavy atom. The molecule has 0 unspecified atom stereocenters. The summed E-state index contributed by atoms with van der Waals surface area (Å²) in [6, 6.07) is 24.9. The number of benzene rings is 3. The second-order valence-corrected chi connectivity index (χ2v) is 8.10. The SMILES string of the molecule is C=c1cccc/c1=C(/C)c1ccc(C(=NC)c2sc3ccccc3c2Cl)cc1. The summed E-state index contributed by atoms with van der Waals surface area (Å²) in [7, 11) is 1.82. The third-order valence-corrected chi connectivity index (χ3v) is 6.67. The highest BCUT2D eigenvalue weighted by atomic mass is 35.5.